The quantitative estimate of drug-likeness (QED) is 0.789. The highest BCUT2D eigenvalue weighted by atomic mass is 32.2. The molecule has 0 aliphatic heterocycles. The van der Waals surface area contributed by atoms with E-state index in [1.54, 1.807) is 0 Å². The summed E-state index contributed by atoms with van der Waals surface area (Å²) in [6.45, 7) is 5.85. The van der Waals surface area contributed by atoms with Gasteiger partial charge in [-0.3, -0.25) is 0 Å². The summed E-state index contributed by atoms with van der Waals surface area (Å²) in [4.78, 5) is 2.32. The smallest absolute Gasteiger partial charge is 0.187 e. The molecule has 1 aliphatic rings. The van der Waals surface area contributed by atoms with Crippen LogP contribution < -0.4 is 11.1 Å². The third-order valence-electron chi connectivity index (χ3n) is 3.39. The van der Waals surface area contributed by atoms with E-state index >= 15 is 0 Å². The monoisotopic (exact) mass is 332 g/mol. The van der Waals surface area contributed by atoms with Crippen LogP contribution in [0.4, 0.5) is 10.8 Å². The summed E-state index contributed by atoms with van der Waals surface area (Å²) in [5, 5.41) is 3.54. The minimum absolute atomic E-state index is 0.0167. The molecule has 120 valence electrons. The molecule has 1 aliphatic carbocycles. The van der Waals surface area contributed by atoms with Gasteiger partial charge in [-0.15, -0.1) is 0 Å². The Hall–Kier alpha value is -0.860. The van der Waals surface area contributed by atoms with Crippen LogP contribution in [0.3, 0.4) is 0 Å². The number of nitrogens with two attached hydrogens (primary N) is 1. The van der Waals surface area contributed by atoms with E-state index in [0.29, 0.717) is 11.5 Å². The Morgan fingerprint density at radius 3 is 2.57 bits per heavy atom. The summed E-state index contributed by atoms with van der Waals surface area (Å²) >= 11 is 1.13. The normalized spacial score (nSPS) is 16.4. The summed E-state index contributed by atoms with van der Waals surface area (Å²) in [5.74, 6) is 0.125. The standard InChI is InChI=1S/C13H24N4O2S2/c1-13(2,8-17(3)4)7-15-12-10(11(14)16-20-12)21(18,19)9-5-6-9/h9,15H,5-8H2,1-4H3,(H2,14,16). The van der Waals surface area contributed by atoms with Gasteiger partial charge in [-0.25, -0.2) is 8.42 Å². The molecule has 0 bridgehead atoms. The van der Waals surface area contributed by atoms with E-state index < -0.39 is 9.84 Å². The van der Waals surface area contributed by atoms with Crippen LogP contribution in [0.5, 0.6) is 0 Å². The van der Waals surface area contributed by atoms with Gasteiger partial charge < -0.3 is 16.0 Å². The van der Waals surface area contributed by atoms with Gasteiger partial charge in [0.15, 0.2) is 15.7 Å². The fraction of sp³-hybridized carbons (Fsp3) is 0.769. The second-order valence-corrected chi connectivity index (χ2v) is 9.66. The van der Waals surface area contributed by atoms with Gasteiger partial charge in [0.05, 0.1) is 5.25 Å². The number of rotatable bonds is 7. The zero-order chi connectivity index (χ0) is 15.8. The van der Waals surface area contributed by atoms with E-state index in [1.807, 2.05) is 14.1 Å². The molecule has 0 aromatic carbocycles. The van der Waals surface area contributed by atoms with Crippen molar-refractivity contribution in [3.8, 4) is 0 Å². The molecule has 1 aromatic heterocycles. The fourth-order valence-electron chi connectivity index (χ4n) is 2.46. The zero-order valence-electron chi connectivity index (χ0n) is 13.0. The van der Waals surface area contributed by atoms with Gasteiger partial charge in [-0.1, -0.05) is 13.8 Å². The lowest BCUT2D eigenvalue weighted by molar-refractivity contribution is 0.254. The number of nitrogen functional groups attached to an aromatic ring is 1. The predicted molar refractivity (Wildman–Crippen MR) is 87.6 cm³/mol. The molecule has 1 heterocycles. The van der Waals surface area contributed by atoms with Crippen LogP contribution in [-0.2, 0) is 9.84 Å². The van der Waals surface area contributed by atoms with E-state index in [0.717, 1.165) is 30.9 Å². The van der Waals surface area contributed by atoms with Crippen LogP contribution in [0.1, 0.15) is 26.7 Å². The molecule has 0 radical (unpaired) electrons. The van der Waals surface area contributed by atoms with E-state index in [-0.39, 0.29) is 21.4 Å². The number of hydrogen-bond donors (Lipinski definition) is 2. The maximum absolute atomic E-state index is 12.4. The Morgan fingerprint density at radius 2 is 2.05 bits per heavy atom. The number of anilines is 2. The van der Waals surface area contributed by atoms with Crippen molar-refractivity contribution in [1.29, 1.82) is 0 Å². The summed E-state index contributed by atoms with van der Waals surface area (Å²) in [6, 6.07) is 0. The van der Waals surface area contributed by atoms with Crippen LogP contribution in [0, 0.1) is 5.41 Å². The lowest BCUT2D eigenvalue weighted by Gasteiger charge is -2.28. The van der Waals surface area contributed by atoms with Gasteiger partial charge in [-0.2, -0.15) is 4.37 Å². The molecule has 21 heavy (non-hydrogen) atoms. The minimum atomic E-state index is -3.32. The van der Waals surface area contributed by atoms with Crippen molar-refractivity contribution in [3.05, 3.63) is 0 Å². The highest BCUT2D eigenvalue weighted by Gasteiger charge is 2.40. The Labute approximate surface area is 130 Å². The Kier molecular flexibility index (Phi) is 4.51. The van der Waals surface area contributed by atoms with Crippen molar-refractivity contribution < 1.29 is 8.42 Å². The molecule has 0 amide bonds. The summed E-state index contributed by atoms with van der Waals surface area (Å²) < 4.78 is 28.9. The van der Waals surface area contributed by atoms with Crippen molar-refractivity contribution in [2.24, 2.45) is 5.41 Å². The first kappa shape index (κ1) is 16.5. The second kappa shape index (κ2) is 5.73. The van der Waals surface area contributed by atoms with Gasteiger partial charge in [-0.05, 0) is 43.9 Å². The molecule has 2 rings (SSSR count). The molecule has 3 N–H and O–H groups in total. The van der Waals surface area contributed by atoms with Gasteiger partial charge in [0.25, 0.3) is 0 Å². The predicted octanol–water partition coefficient (Wildman–Crippen LogP) is 1.66. The second-order valence-electron chi connectivity index (χ2n) is 6.73. The molecule has 0 atom stereocenters. The summed E-state index contributed by atoms with van der Waals surface area (Å²) in [6.07, 6.45) is 1.45. The van der Waals surface area contributed by atoms with E-state index in [1.165, 1.54) is 0 Å². The maximum atomic E-state index is 12.4. The zero-order valence-corrected chi connectivity index (χ0v) is 14.6. The van der Waals surface area contributed by atoms with Crippen LogP contribution in [-0.4, -0.2) is 50.1 Å². The van der Waals surface area contributed by atoms with Gasteiger partial charge in [0.1, 0.15) is 9.90 Å². The Balaban J connectivity index is 2.15. The molecular weight excluding hydrogens is 308 g/mol. The molecule has 1 aromatic rings. The van der Waals surface area contributed by atoms with Crippen LogP contribution in [0.2, 0.25) is 0 Å². The fourth-order valence-corrected chi connectivity index (χ4v) is 5.34. The topological polar surface area (TPSA) is 88.3 Å². The minimum Gasteiger partial charge on any atom is -0.382 e. The summed E-state index contributed by atoms with van der Waals surface area (Å²) in [5.41, 5.74) is 5.80. The molecule has 0 unspecified atom stereocenters. The largest absolute Gasteiger partial charge is 0.382 e. The van der Waals surface area contributed by atoms with Gasteiger partial charge in [0, 0.05) is 13.1 Å². The average molecular weight is 332 g/mol. The number of aromatic nitrogens is 1. The average Bonchev–Trinajstić information content (AvgIpc) is 3.10. The van der Waals surface area contributed by atoms with Crippen molar-refractivity contribution in [2.45, 2.75) is 36.8 Å². The molecule has 1 fully saturated rings. The van der Waals surface area contributed by atoms with Crippen molar-refractivity contribution >= 4 is 32.2 Å². The van der Waals surface area contributed by atoms with Crippen LogP contribution in [0.25, 0.3) is 0 Å². The molecule has 8 heteroatoms. The van der Waals surface area contributed by atoms with Crippen molar-refractivity contribution in [2.75, 3.05) is 38.2 Å². The first-order valence-corrected chi connectivity index (χ1v) is 9.33. The van der Waals surface area contributed by atoms with Crippen molar-refractivity contribution in [1.82, 2.24) is 9.27 Å². The van der Waals surface area contributed by atoms with E-state index in [4.69, 9.17) is 5.73 Å². The lowest BCUT2D eigenvalue weighted by Crippen LogP contribution is -2.34. The first-order valence-electron chi connectivity index (χ1n) is 7.01. The van der Waals surface area contributed by atoms with Crippen molar-refractivity contribution in [3.63, 3.8) is 0 Å². The molecule has 6 nitrogen and oxygen atoms in total. The highest BCUT2D eigenvalue weighted by molar-refractivity contribution is 7.92. The van der Waals surface area contributed by atoms with Crippen LogP contribution >= 0.6 is 11.5 Å². The van der Waals surface area contributed by atoms with Crippen LogP contribution in [0.15, 0.2) is 4.90 Å². The Morgan fingerprint density at radius 1 is 1.43 bits per heavy atom. The molecular formula is C13H24N4O2S2. The number of hydrogen-bond acceptors (Lipinski definition) is 7. The number of nitrogens with one attached hydrogen (secondary N) is 1. The SMILES string of the molecule is CN(C)CC(C)(C)CNc1snc(N)c1S(=O)(=O)C1CC1. The molecule has 1 saturated carbocycles. The maximum Gasteiger partial charge on any atom is 0.187 e. The highest BCUT2D eigenvalue weighted by Crippen LogP contribution is 2.41. The molecule has 0 spiro atoms. The van der Waals surface area contributed by atoms with Gasteiger partial charge in [0.2, 0.25) is 0 Å². The number of nitrogens with zero attached hydrogens (tertiary/aromatic N) is 2. The lowest BCUT2D eigenvalue weighted by atomic mass is 9.93. The molecule has 0 saturated heterocycles. The van der Waals surface area contributed by atoms with Gasteiger partial charge >= 0.3 is 0 Å². The summed E-state index contributed by atoms with van der Waals surface area (Å²) in [7, 11) is 0.722. The third-order valence-corrected chi connectivity index (χ3v) is 6.67. The van der Waals surface area contributed by atoms with E-state index in [9.17, 15) is 8.42 Å². The number of sulfone groups is 1. The third kappa shape index (κ3) is 3.87. The first-order chi connectivity index (χ1) is 9.63. The Bertz CT molecular complexity index is 604. The van der Waals surface area contributed by atoms with E-state index in [2.05, 4.69) is 28.4 Å².